The van der Waals surface area contributed by atoms with E-state index in [1.165, 1.54) is 0 Å². The Morgan fingerprint density at radius 1 is 1.29 bits per heavy atom. The zero-order valence-electron chi connectivity index (χ0n) is 14.0. The Hall–Kier alpha value is -1.99. The van der Waals surface area contributed by atoms with Crippen molar-refractivity contribution >= 4 is 11.6 Å². The van der Waals surface area contributed by atoms with E-state index < -0.39 is 0 Å². The number of hydrogen-bond donors (Lipinski definition) is 0. The summed E-state index contributed by atoms with van der Waals surface area (Å²) in [7, 11) is 0. The number of fused-ring (bicyclic) bond motifs is 1. The first-order valence-electron chi connectivity index (χ1n) is 8.65. The van der Waals surface area contributed by atoms with E-state index >= 15 is 0 Å². The molecular formula is C17H23N5O2. The maximum Gasteiger partial charge on any atom is 0.259 e. The molecule has 2 aromatic heterocycles. The Labute approximate surface area is 141 Å². The minimum absolute atomic E-state index is 0.0393. The van der Waals surface area contributed by atoms with E-state index in [1.54, 1.807) is 16.9 Å². The standard InChI is InChI=1S/C17H23N5O2/c1-13-12-21(9-10-24-13)14-3-7-20(8-4-14)17(23)15-11-19-22-6-2-5-18-16(15)22/h2,5-6,11,13-14H,3-4,7-10,12H2,1H3. The normalized spacial score (nSPS) is 23.7. The highest BCUT2D eigenvalue weighted by molar-refractivity contribution is 5.99. The highest BCUT2D eigenvalue weighted by atomic mass is 16.5. The Balaban J connectivity index is 1.41. The second kappa shape index (κ2) is 6.49. The highest BCUT2D eigenvalue weighted by Gasteiger charge is 2.30. The molecule has 4 rings (SSSR count). The summed E-state index contributed by atoms with van der Waals surface area (Å²) >= 11 is 0. The van der Waals surface area contributed by atoms with Crippen LogP contribution in [0.4, 0.5) is 0 Å². The zero-order chi connectivity index (χ0) is 16.5. The van der Waals surface area contributed by atoms with Crippen LogP contribution in [0.25, 0.3) is 5.65 Å². The van der Waals surface area contributed by atoms with Gasteiger partial charge in [0, 0.05) is 44.6 Å². The van der Waals surface area contributed by atoms with Gasteiger partial charge in [-0.2, -0.15) is 5.10 Å². The van der Waals surface area contributed by atoms with E-state index in [0.717, 1.165) is 45.6 Å². The monoisotopic (exact) mass is 329 g/mol. The second-order valence-corrected chi connectivity index (χ2v) is 6.65. The van der Waals surface area contributed by atoms with Crippen LogP contribution in [0.2, 0.25) is 0 Å². The number of amides is 1. The first-order chi connectivity index (χ1) is 11.7. The number of likely N-dealkylation sites (tertiary alicyclic amines) is 1. The Bertz CT molecular complexity index is 723. The molecule has 0 radical (unpaired) electrons. The Kier molecular flexibility index (Phi) is 4.20. The predicted octanol–water partition coefficient (Wildman–Crippen LogP) is 1.05. The summed E-state index contributed by atoms with van der Waals surface area (Å²) in [4.78, 5) is 21.6. The molecule has 2 aromatic rings. The third-order valence-corrected chi connectivity index (χ3v) is 5.05. The topological polar surface area (TPSA) is 63.0 Å². The molecule has 4 heterocycles. The molecule has 1 amide bonds. The number of ether oxygens (including phenoxy) is 1. The number of carbonyl (C=O) groups excluding carboxylic acids is 1. The average Bonchev–Trinajstić information content (AvgIpc) is 3.05. The molecule has 0 N–H and O–H groups in total. The van der Waals surface area contributed by atoms with E-state index in [1.807, 2.05) is 17.2 Å². The molecule has 1 unspecified atom stereocenters. The molecule has 0 spiro atoms. The van der Waals surface area contributed by atoms with Gasteiger partial charge >= 0.3 is 0 Å². The van der Waals surface area contributed by atoms with Gasteiger partial charge in [0.1, 0.15) is 5.56 Å². The van der Waals surface area contributed by atoms with Crippen LogP contribution in [0, 0.1) is 0 Å². The van der Waals surface area contributed by atoms with Gasteiger partial charge in [-0.1, -0.05) is 0 Å². The number of morpholine rings is 1. The number of carbonyl (C=O) groups is 1. The maximum absolute atomic E-state index is 12.8. The molecule has 7 heteroatoms. The summed E-state index contributed by atoms with van der Waals surface area (Å²) in [6.07, 6.45) is 7.48. The van der Waals surface area contributed by atoms with Gasteiger partial charge in [0.25, 0.3) is 5.91 Å². The predicted molar refractivity (Wildman–Crippen MR) is 88.9 cm³/mol. The summed E-state index contributed by atoms with van der Waals surface area (Å²) in [5.41, 5.74) is 1.22. The molecule has 1 atom stereocenters. The lowest BCUT2D eigenvalue weighted by molar-refractivity contribution is -0.0423. The molecule has 0 aliphatic carbocycles. The molecular weight excluding hydrogens is 306 g/mol. The van der Waals surface area contributed by atoms with Gasteiger partial charge in [0.2, 0.25) is 0 Å². The zero-order valence-corrected chi connectivity index (χ0v) is 14.0. The number of hydrogen-bond acceptors (Lipinski definition) is 5. The van der Waals surface area contributed by atoms with Gasteiger partial charge in [-0.15, -0.1) is 0 Å². The lowest BCUT2D eigenvalue weighted by atomic mass is 10.0. The van der Waals surface area contributed by atoms with Crippen molar-refractivity contribution in [1.29, 1.82) is 0 Å². The summed E-state index contributed by atoms with van der Waals surface area (Å²) < 4.78 is 7.27. The third kappa shape index (κ3) is 2.89. The summed E-state index contributed by atoms with van der Waals surface area (Å²) in [5.74, 6) is 0.0393. The Morgan fingerprint density at radius 2 is 2.12 bits per heavy atom. The minimum Gasteiger partial charge on any atom is -0.376 e. The maximum atomic E-state index is 12.8. The molecule has 2 fully saturated rings. The van der Waals surface area contributed by atoms with Gasteiger partial charge in [0.05, 0.1) is 18.9 Å². The number of nitrogens with zero attached hydrogens (tertiary/aromatic N) is 5. The van der Waals surface area contributed by atoms with Crippen LogP contribution in [0.5, 0.6) is 0 Å². The first-order valence-corrected chi connectivity index (χ1v) is 8.65. The van der Waals surface area contributed by atoms with Gasteiger partial charge in [0.15, 0.2) is 5.65 Å². The molecule has 24 heavy (non-hydrogen) atoms. The van der Waals surface area contributed by atoms with E-state index in [2.05, 4.69) is 21.9 Å². The molecule has 7 nitrogen and oxygen atoms in total. The van der Waals surface area contributed by atoms with Crippen molar-refractivity contribution in [1.82, 2.24) is 24.4 Å². The summed E-state index contributed by atoms with van der Waals surface area (Å²) in [6, 6.07) is 2.37. The fraction of sp³-hybridized carbons (Fsp3) is 0.588. The van der Waals surface area contributed by atoms with E-state index in [9.17, 15) is 4.79 Å². The van der Waals surface area contributed by atoms with Gasteiger partial charge < -0.3 is 9.64 Å². The van der Waals surface area contributed by atoms with Crippen LogP contribution in [-0.2, 0) is 4.74 Å². The molecule has 0 aromatic carbocycles. The number of rotatable bonds is 2. The number of aromatic nitrogens is 3. The summed E-state index contributed by atoms with van der Waals surface area (Å²) in [6.45, 7) is 6.52. The average molecular weight is 329 g/mol. The van der Waals surface area contributed by atoms with Crippen molar-refractivity contribution in [2.24, 2.45) is 0 Å². The van der Waals surface area contributed by atoms with Gasteiger partial charge in [-0.3, -0.25) is 9.69 Å². The van der Waals surface area contributed by atoms with Crippen molar-refractivity contribution < 1.29 is 9.53 Å². The van der Waals surface area contributed by atoms with Gasteiger partial charge in [-0.05, 0) is 25.8 Å². The second-order valence-electron chi connectivity index (χ2n) is 6.65. The first kappa shape index (κ1) is 15.5. The van der Waals surface area contributed by atoms with Crippen molar-refractivity contribution in [3.05, 3.63) is 30.2 Å². The minimum atomic E-state index is 0.0393. The SMILES string of the molecule is CC1CN(C2CCN(C(=O)c3cnn4cccnc34)CC2)CCO1. The van der Waals surface area contributed by atoms with Crippen molar-refractivity contribution in [2.75, 3.05) is 32.8 Å². The molecule has 128 valence electrons. The van der Waals surface area contributed by atoms with Crippen LogP contribution in [0.15, 0.2) is 24.7 Å². The largest absolute Gasteiger partial charge is 0.376 e. The van der Waals surface area contributed by atoms with Crippen molar-refractivity contribution in [3.8, 4) is 0 Å². The Morgan fingerprint density at radius 3 is 2.92 bits per heavy atom. The van der Waals surface area contributed by atoms with Crippen LogP contribution >= 0.6 is 0 Å². The van der Waals surface area contributed by atoms with Crippen LogP contribution in [0.3, 0.4) is 0 Å². The van der Waals surface area contributed by atoms with E-state index in [4.69, 9.17) is 4.74 Å². The van der Waals surface area contributed by atoms with Crippen LogP contribution in [-0.4, -0.2) is 75.2 Å². The van der Waals surface area contributed by atoms with Crippen LogP contribution < -0.4 is 0 Å². The molecule has 0 bridgehead atoms. The number of piperidine rings is 1. The fourth-order valence-electron chi connectivity index (χ4n) is 3.76. The summed E-state index contributed by atoms with van der Waals surface area (Å²) in [5, 5.41) is 4.22. The molecule has 2 aliphatic heterocycles. The van der Waals surface area contributed by atoms with Crippen molar-refractivity contribution in [3.63, 3.8) is 0 Å². The third-order valence-electron chi connectivity index (χ3n) is 5.05. The lowest BCUT2D eigenvalue weighted by Crippen LogP contribution is -2.51. The van der Waals surface area contributed by atoms with Crippen molar-refractivity contribution in [2.45, 2.75) is 31.9 Å². The smallest absolute Gasteiger partial charge is 0.259 e. The molecule has 2 aliphatic rings. The molecule has 0 saturated carbocycles. The fourth-order valence-corrected chi connectivity index (χ4v) is 3.76. The lowest BCUT2D eigenvalue weighted by Gasteiger charge is -2.41. The van der Waals surface area contributed by atoms with E-state index in [0.29, 0.717) is 23.4 Å². The van der Waals surface area contributed by atoms with Gasteiger partial charge in [-0.25, -0.2) is 9.50 Å². The highest BCUT2D eigenvalue weighted by Crippen LogP contribution is 2.21. The quantitative estimate of drug-likeness (QED) is 0.824. The van der Waals surface area contributed by atoms with Crippen LogP contribution in [0.1, 0.15) is 30.1 Å². The molecule has 2 saturated heterocycles. The van der Waals surface area contributed by atoms with E-state index in [-0.39, 0.29) is 5.91 Å².